The summed E-state index contributed by atoms with van der Waals surface area (Å²) in [5.74, 6) is -0.0280. The standard InChI is InChI=1S/C13H16N4O/c1-8-2-3-11-10(6-8)12(16-15-11)13(18)17-5-4-9(14)7-17/h2-3,6,9H,4-5,7,14H2,1H3,(H,15,16). The highest BCUT2D eigenvalue weighted by molar-refractivity contribution is 6.04. The molecule has 1 unspecified atom stereocenters. The van der Waals surface area contributed by atoms with Gasteiger partial charge in [0.15, 0.2) is 5.69 Å². The van der Waals surface area contributed by atoms with Crippen molar-refractivity contribution in [2.24, 2.45) is 5.73 Å². The fraction of sp³-hybridized carbons (Fsp3) is 0.385. The first-order chi connectivity index (χ1) is 8.65. The quantitative estimate of drug-likeness (QED) is 0.787. The van der Waals surface area contributed by atoms with Crippen molar-refractivity contribution in [3.8, 4) is 0 Å². The summed E-state index contributed by atoms with van der Waals surface area (Å²) in [6, 6.07) is 6.04. The number of hydrogen-bond acceptors (Lipinski definition) is 3. The molecule has 1 aromatic carbocycles. The molecule has 2 aromatic rings. The molecule has 1 amide bonds. The Labute approximate surface area is 105 Å². The van der Waals surface area contributed by atoms with Crippen molar-refractivity contribution in [1.29, 1.82) is 0 Å². The Morgan fingerprint density at radius 3 is 3.11 bits per heavy atom. The Kier molecular flexibility index (Phi) is 2.56. The van der Waals surface area contributed by atoms with E-state index in [0.717, 1.165) is 29.4 Å². The number of aromatic nitrogens is 2. The summed E-state index contributed by atoms with van der Waals surface area (Å²) < 4.78 is 0. The van der Waals surface area contributed by atoms with Crippen LogP contribution in [0.1, 0.15) is 22.5 Å². The highest BCUT2D eigenvalue weighted by Gasteiger charge is 2.27. The van der Waals surface area contributed by atoms with Gasteiger partial charge in [0.05, 0.1) is 5.52 Å². The number of carbonyl (C=O) groups is 1. The number of aryl methyl sites for hydroxylation is 1. The highest BCUT2D eigenvalue weighted by atomic mass is 16.2. The van der Waals surface area contributed by atoms with E-state index in [9.17, 15) is 4.79 Å². The second-order valence-electron chi connectivity index (χ2n) is 4.92. The zero-order chi connectivity index (χ0) is 12.7. The lowest BCUT2D eigenvalue weighted by molar-refractivity contribution is 0.0787. The molecule has 18 heavy (non-hydrogen) atoms. The molecule has 3 N–H and O–H groups in total. The lowest BCUT2D eigenvalue weighted by Gasteiger charge is -2.14. The minimum Gasteiger partial charge on any atom is -0.336 e. The average molecular weight is 244 g/mol. The summed E-state index contributed by atoms with van der Waals surface area (Å²) in [4.78, 5) is 14.1. The predicted molar refractivity (Wildman–Crippen MR) is 69.3 cm³/mol. The molecule has 94 valence electrons. The lowest BCUT2D eigenvalue weighted by Crippen LogP contribution is -2.32. The van der Waals surface area contributed by atoms with Gasteiger partial charge in [-0.15, -0.1) is 0 Å². The van der Waals surface area contributed by atoms with Crippen molar-refractivity contribution in [2.45, 2.75) is 19.4 Å². The number of aromatic amines is 1. The fourth-order valence-corrected chi connectivity index (χ4v) is 2.41. The maximum absolute atomic E-state index is 12.4. The number of rotatable bonds is 1. The van der Waals surface area contributed by atoms with Crippen LogP contribution < -0.4 is 5.73 Å². The molecule has 1 aliphatic heterocycles. The highest BCUT2D eigenvalue weighted by Crippen LogP contribution is 2.20. The van der Waals surface area contributed by atoms with Gasteiger partial charge in [-0.25, -0.2) is 0 Å². The number of carbonyl (C=O) groups excluding carboxylic acids is 1. The van der Waals surface area contributed by atoms with E-state index in [0.29, 0.717) is 12.2 Å². The Balaban J connectivity index is 1.99. The zero-order valence-corrected chi connectivity index (χ0v) is 10.3. The topological polar surface area (TPSA) is 75.0 Å². The van der Waals surface area contributed by atoms with E-state index in [2.05, 4.69) is 10.2 Å². The summed E-state index contributed by atoms with van der Waals surface area (Å²) in [6.07, 6.45) is 0.868. The lowest BCUT2D eigenvalue weighted by atomic mass is 10.1. The van der Waals surface area contributed by atoms with Crippen LogP contribution in [-0.4, -0.2) is 40.1 Å². The Bertz CT molecular complexity index is 604. The van der Waals surface area contributed by atoms with Crippen molar-refractivity contribution >= 4 is 16.8 Å². The fourth-order valence-electron chi connectivity index (χ4n) is 2.41. The smallest absolute Gasteiger partial charge is 0.275 e. The van der Waals surface area contributed by atoms with E-state index in [-0.39, 0.29) is 11.9 Å². The Hall–Kier alpha value is -1.88. The van der Waals surface area contributed by atoms with Crippen LogP contribution in [0.3, 0.4) is 0 Å². The summed E-state index contributed by atoms with van der Waals surface area (Å²) in [6.45, 7) is 3.35. The first kappa shape index (κ1) is 11.2. The van der Waals surface area contributed by atoms with E-state index >= 15 is 0 Å². The Morgan fingerprint density at radius 1 is 1.56 bits per heavy atom. The predicted octanol–water partition coefficient (Wildman–Crippen LogP) is 1.04. The van der Waals surface area contributed by atoms with Crippen LogP contribution in [0.15, 0.2) is 18.2 Å². The van der Waals surface area contributed by atoms with Crippen molar-refractivity contribution in [3.63, 3.8) is 0 Å². The molecule has 0 bridgehead atoms. The number of hydrogen-bond donors (Lipinski definition) is 2. The largest absolute Gasteiger partial charge is 0.336 e. The van der Waals surface area contributed by atoms with E-state index < -0.39 is 0 Å². The molecule has 1 aromatic heterocycles. The second kappa shape index (κ2) is 4.10. The number of fused-ring (bicyclic) bond motifs is 1. The molecule has 0 aliphatic carbocycles. The van der Waals surface area contributed by atoms with Crippen LogP contribution in [0.25, 0.3) is 10.9 Å². The Morgan fingerprint density at radius 2 is 2.39 bits per heavy atom. The third-order valence-corrected chi connectivity index (χ3v) is 3.43. The maximum Gasteiger partial charge on any atom is 0.275 e. The third kappa shape index (κ3) is 1.76. The van der Waals surface area contributed by atoms with E-state index in [1.165, 1.54) is 0 Å². The van der Waals surface area contributed by atoms with Crippen molar-refractivity contribution in [1.82, 2.24) is 15.1 Å². The molecule has 1 aliphatic rings. The normalized spacial score (nSPS) is 19.7. The molecule has 3 rings (SSSR count). The summed E-state index contributed by atoms with van der Waals surface area (Å²) in [5.41, 5.74) is 8.35. The van der Waals surface area contributed by atoms with Crippen molar-refractivity contribution < 1.29 is 4.79 Å². The van der Waals surface area contributed by atoms with Gasteiger partial charge in [-0.05, 0) is 25.5 Å². The van der Waals surface area contributed by atoms with Crippen LogP contribution >= 0.6 is 0 Å². The van der Waals surface area contributed by atoms with Crippen molar-refractivity contribution in [3.05, 3.63) is 29.5 Å². The molecule has 0 spiro atoms. The van der Waals surface area contributed by atoms with Gasteiger partial charge in [-0.3, -0.25) is 9.89 Å². The molecule has 2 heterocycles. The molecule has 5 nitrogen and oxygen atoms in total. The molecular formula is C13H16N4O. The maximum atomic E-state index is 12.4. The molecule has 1 atom stereocenters. The molecular weight excluding hydrogens is 228 g/mol. The second-order valence-corrected chi connectivity index (χ2v) is 4.92. The third-order valence-electron chi connectivity index (χ3n) is 3.43. The number of benzene rings is 1. The SMILES string of the molecule is Cc1ccc2[nH]nc(C(=O)N3CCC(N)C3)c2c1. The summed E-state index contributed by atoms with van der Waals surface area (Å²) in [7, 11) is 0. The van der Waals surface area contributed by atoms with Gasteiger partial charge in [-0.1, -0.05) is 11.6 Å². The zero-order valence-electron chi connectivity index (χ0n) is 10.3. The first-order valence-electron chi connectivity index (χ1n) is 6.15. The number of nitrogens with zero attached hydrogens (tertiary/aromatic N) is 2. The van der Waals surface area contributed by atoms with Gasteiger partial charge in [0, 0.05) is 24.5 Å². The molecule has 1 fully saturated rings. The molecule has 0 saturated carbocycles. The minimum absolute atomic E-state index is 0.0280. The number of nitrogens with two attached hydrogens (primary N) is 1. The summed E-state index contributed by atoms with van der Waals surface area (Å²) >= 11 is 0. The van der Waals surface area contributed by atoms with Crippen LogP contribution in [0, 0.1) is 6.92 Å². The summed E-state index contributed by atoms with van der Waals surface area (Å²) in [5, 5.41) is 7.94. The van der Waals surface area contributed by atoms with Gasteiger partial charge in [0.25, 0.3) is 5.91 Å². The van der Waals surface area contributed by atoms with E-state index in [1.807, 2.05) is 25.1 Å². The van der Waals surface area contributed by atoms with E-state index in [1.54, 1.807) is 4.90 Å². The van der Waals surface area contributed by atoms with Crippen LogP contribution in [0.2, 0.25) is 0 Å². The van der Waals surface area contributed by atoms with Crippen molar-refractivity contribution in [2.75, 3.05) is 13.1 Å². The average Bonchev–Trinajstić information content (AvgIpc) is 2.94. The first-order valence-corrected chi connectivity index (χ1v) is 6.15. The van der Waals surface area contributed by atoms with Gasteiger partial charge in [-0.2, -0.15) is 5.10 Å². The monoisotopic (exact) mass is 244 g/mol. The van der Waals surface area contributed by atoms with Gasteiger partial charge in [0.1, 0.15) is 0 Å². The van der Waals surface area contributed by atoms with Gasteiger partial charge < -0.3 is 10.6 Å². The number of amides is 1. The van der Waals surface area contributed by atoms with Crippen LogP contribution in [-0.2, 0) is 0 Å². The molecule has 1 saturated heterocycles. The molecule has 5 heteroatoms. The van der Waals surface area contributed by atoms with Crippen LogP contribution in [0.5, 0.6) is 0 Å². The number of likely N-dealkylation sites (tertiary alicyclic amines) is 1. The van der Waals surface area contributed by atoms with Gasteiger partial charge in [0.2, 0.25) is 0 Å². The van der Waals surface area contributed by atoms with E-state index in [4.69, 9.17) is 5.73 Å². The van der Waals surface area contributed by atoms with Crippen LogP contribution in [0.4, 0.5) is 0 Å². The molecule has 0 radical (unpaired) electrons. The number of nitrogens with one attached hydrogen (secondary N) is 1. The minimum atomic E-state index is -0.0280. The number of H-pyrrole nitrogens is 1. The van der Waals surface area contributed by atoms with Gasteiger partial charge >= 0.3 is 0 Å².